The van der Waals surface area contributed by atoms with Gasteiger partial charge in [0.05, 0.1) is 32.0 Å². The highest BCUT2D eigenvalue weighted by Gasteiger charge is 2.45. The van der Waals surface area contributed by atoms with Crippen molar-refractivity contribution in [3.63, 3.8) is 0 Å². The molecule has 1 rings (SSSR count). The van der Waals surface area contributed by atoms with Crippen molar-refractivity contribution in [1.82, 2.24) is 0 Å². The predicted octanol–water partition coefficient (Wildman–Crippen LogP) is 2.18. The van der Waals surface area contributed by atoms with E-state index >= 15 is 0 Å². The van der Waals surface area contributed by atoms with Crippen LogP contribution in [0.1, 0.15) is 13.8 Å². The molecule has 9 nitrogen and oxygen atoms in total. The van der Waals surface area contributed by atoms with Gasteiger partial charge in [0, 0.05) is 32.4 Å². The van der Waals surface area contributed by atoms with Crippen LogP contribution in [0.25, 0.3) is 0 Å². The highest BCUT2D eigenvalue weighted by molar-refractivity contribution is 6.87. The molecule has 0 aromatic heterocycles. The molecule has 1 aliphatic heterocycles. The van der Waals surface area contributed by atoms with Crippen LogP contribution < -0.4 is 0 Å². The third kappa shape index (κ3) is 14.2. The summed E-state index contributed by atoms with van der Waals surface area (Å²) in [7, 11) is -5.60. The first-order valence-corrected chi connectivity index (χ1v) is 19.3. The molecule has 0 spiro atoms. The van der Waals surface area contributed by atoms with E-state index in [2.05, 4.69) is 19.6 Å². The van der Waals surface area contributed by atoms with Crippen molar-refractivity contribution in [3.8, 4) is 0 Å². The van der Waals surface area contributed by atoms with Crippen LogP contribution in [0.5, 0.6) is 0 Å². The van der Waals surface area contributed by atoms with Crippen molar-refractivity contribution < 1.29 is 41.8 Å². The van der Waals surface area contributed by atoms with Gasteiger partial charge in [-0.2, -0.15) is 0 Å². The molecular weight excluding hydrogens is 456 g/mol. The first-order valence-electron chi connectivity index (χ1n) is 11.1. The second-order valence-electron chi connectivity index (χ2n) is 9.17. The van der Waals surface area contributed by atoms with Gasteiger partial charge in [-0.05, 0) is 46.1 Å². The lowest BCUT2D eigenvalue weighted by Gasteiger charge is -2.41. The number of hydrogen-bond donors (Lipinski definition) is 2. The van der Waals surface area contributed by atoms with Gasteiger partial charge in [0.25, 0.3) is 0 Å². The first kappa shape index (κ1) is 29.3. The van der Waals surface area contributed by atoms with E-state index in [0.29, 0.717) is 45.1 Å². The van der Waals surface area contributed by atoms with E-state index in [4.69, 9.17) is 31.6 Å². The van der Waals surface area contributed by atoms with Crippen molar-refractivity contribution in [2.45, 2.75) is 76.7 Å². The minimum Gasteiger partial charge on any atom is -0.436 e. The van der Waals surface area contributed by atoms with Crippen LogP contribution in [0.15, 0.2) is 0 Å². The van der Waals surface area contributed by atoms with Gasteiger partial charge in [0.2, 0.25) is 0 Å². The minimum atomic E-state index is -2.66. The van der Waals surface area contributed by atoms with Crippen molar-refractivity contribution >= 4 is 25.4 Å². The molecule has 0 saturated carbocycles. The number of ether oxygens (including phenoxy) is 4. The molecule has 0 amide bonds. The van der Waals surface area contributed by atoms with Crippen molar-refractivity contribution in [2.24, 2.45) is 0 Å². The summed E-state index contributed by atoms with van der Waals surface area (Å²) in [4.78, 5) is 0. The Hall–Kier alpha value is 0.291. The van der Waals surface area contributed by atoms with Crippen LogP contribution in [0.3, 0.4) is 0 Å². The Labute approximate surface area is 190 Å². The predicted molar refractivity (Wildman–Crippen MR) is 125 cm³/mol. The normalized spacial score (nSPS) is 22.5. The molecule has 1 saturated heterocycles. The molecular formula is C19H44O9Si3. The maximum Gasteiger partial charge on any atom is 0.328 e. The van der Waals surface area contributed by atoms with Gasteiger partial charge in [-0.15, -0.1) is 0 Å². The van der Waals surface area contributed by atoms with E-state index in [9.17, 15) is 10.2 Å². The van der Waals surface area contributed by atoms with E-state index in [0.717, 1.165) is 6.04 Å². The highest BCUT2D eigenvalue weighted by Crippen LogP contribution is 2.28. The minimum absolute atomic E-state index is 0.0863. The molecule has 1 fully saturated rings. The summed E-state index contributed by atoms with van der Waals surface area (Å²) in [5.74, 6) is 0. The number of hydrogen-bond acceptors (Lipinski definition) is 9. The summed E-state index contributed by atoms with van der Waals surface area (Å²) in [6.07, 6.45) is -1.07. The number of epoxide rings is 1. The summed E-state index contributed by atoms with van der Waals surface area (Å²) in [5.41, 5.74) is 0. The van der Waals surface area contributed by atoms with E-state index in [1.165, 1.54) is 0 Å². The molecule has 5 atom stereocenters. The number of aliphatic hydroxyl groups is 2. The van der Waals surface area contributed by atoms with Crippen molar-refractivity contribution in [1.29, 1.82) is 0 Å². The molecule has 0 aliphatic carbocycles. The molecule has 186 valence electrons. The third-order valence-electron chi connectivity index (χ3n) is 4.79. The number of rotatable bonds is 19. The standard InChI is InChI=1S/C19H44O9Si3/c1-17(20)14-23-8-11-29(4,5)27-31(7,12-9-24-15-18(2)21)28-30(6,22-3)13-10-25-19-16-26-19/h17-21H,8-16H2,1-7H3. The lowest BCUT2D eigenvalue weighted by molar-refractivity contribution is 0.0490. The Morgan fingerprint density at radius 3 is 1.84 bits per heavy atom. The van der Waals surface area contributed by atoms with Gasteiger partial charge >= 0.3 is 17.1 Å². The molecule has 5 unspecified atom stereocenters. The van der Waals surface area contributed by atoms with Gasteiger partial charge < -0.3 is 41.8 Å². The average Bonchev–Trinajstić information content (AvgIpc) is 3.46. The Morgan fingerprint density at radius 1 is 0.839 bits per heavy atom. The largest absolute Gasteiger partial charge is 0.436 e. The van der Waals surface area contributed by atoms with Crippen LogP contribution in [0.4, 0.5) is 0 Å². The topological polar surface area (TPSA) is 108 Å². The zero-order valence-corrected chi connectivity index (χ0v) is 23.3. The van der Waals surface area contributed by atoms with Gasteiger partial charge in [-0.1, -0.05) is 0 Å². The summed E-state index contributed by atoms with van der Waals surface area (Å²) >= 11 is 0. The summed E-state index contributed by atoms with van der Waals surface area (Å²) in [6.45, 7) is 14.6. The van der Waals surface area contributed by atoms with E-state index in [-0.39, 0.29) is 12.9 Å². The van der Waals surface area contributed by atoms with E-state index < -0.39 is 37.6 Å². The van der Waals surface area contributed by atoms with Crippen LogP contribution in [-0.2, 0) is 31.6 Å². The highest BCUT2D eigenvalue weighted by atomic mass is 28.5. The monoisotopic (exact) mass is 500 g/mol. The fourth-order valence-electron chi connectivity index (χ4n) is 3.00. The molecule has 2 N–H and O–H groups in total. The van der Waals surface area contributed by atoms with Crippen LogP contribution >= 0.6 is 0 Å². The maximum atomic E-state index is 9.46. The molecule has 12 heteroatoms. The van der Waals surface area contributed by atoms with Crippen molar-refractivity contribution in [2.75, 3.05) is 46.8 Å². The fourth-order valence-corrected chi connectivity index (χ4v) is 15.7. The SMILES string of the molecule is CO[Si](C)(CCOC1CO1)O[Si](C)(CCOCC(C)O)O[Si](C)(C)CCOCC(C)O. The second kappa shape index (κ2) is 13.9. The Balaban J connectivity index is 2.72. The summed E-state index contributed by atoms with van der Waals surface area (Å²) < 4.78 is 41.2. The van der Waals surface area contributed by atoms with Crippen LogP contribution in [0, 0.1) is 0 Å². The van der Waals surface area contributed by atoms with Gasteiger partial charge in [0.15, 0.2) is 14.6 Å². The molecule has 0 aromatic carbocycles. The van der Waals surface area contributed by atoms with Crippen LogP contribution in [0.2, 0.25) is 44.3 Å². The summed E-state index contributed by atoms with van der Waals surface area (Å²) in [5, 5.41) is 18.8. The second-order valence-corrected chi connectivity index (χ2v) is 20.8. The fraction of sp³-hybridized carbons (Fsp3) is 1.00. The van der Waals surface area contributed by atoms with Gasteiger partial charge in [-0.3, -0.25) is 0 Å². The lowest BCUT2D eigenvalue weighted by Crippen LogP contribution is -2.57. The molecule has 1 aliphatic rings. The zero-order chi connectivity index (χ0) is 23.5. The molecule has 31 heavy (non-hydrogen) atoms. The quantitative estimate of drug-likeness (QED) is 0.157. The zero-order valence-electron chi connectivity index (χ0n) is 20.3. The average molecular weight is 501 g/mol. The van der Waals surface area contributed by atoms with E-state index in [1.807, 2.05) is 6.55 Å². The smallest absolute Gasteiger partial charge is 0.328 e. The molecule has 0 radical (unpaired) electrons. The summed E-state index contributed by atoms with van der Waals surface area (Å²) in [6, 6.07) is 2.13. The Morgan fingerprint density at radius 2 is 1.35 bits per heavy atom. The van der Waals surface area contributed by atoms with E-state index in [1.54, 1.807) is 21.0 Å². The van der Waals surface area contributed by atoms with Crippen molar-refractivity contribution in [3.05, 3.63) is 0 Å². The Kier molecular flexibility index (Phi) is 13.1. The van der Waals surface area contributed by atoms with Crippen LogP contribution in [-0.4, -0.2) is 101 Å². The first-order chi connectivity index (χ1) is 14.4. The number of aliphatic hydroxyl groups excluding tert-OH is 2. The molecule has 0 aromatic rings. The lowest BCUT2D eigenvalue weighted by atomic mass is 10.4. The van der Waals surface area contributed by atoms with Gasteiger partial charge in [0.1, 0.15) is 6.61 Å². The third-order valence-corrected chi connectivity index (χ3v) is 16.7. The van der Waals surface area contributed by atoms with Gasteiger partial charge in [-0.25, -0.2) is 0 Å². The molecule has 1 heterocycles. The maximum absolute atomic E-state index is 9.46. The Bertz CT molecular complexity index is 494. The molecule has 0 bridgehead atoms.